The molecule has 6 heteroatoms. The Morgan fingerprint density at radius 3 is 1.58 bits per heavy atom. The Morgan fingerprint density at radius 1 is 1.17 bits per heavy atom. The number of rotatable bonds is 4. The van der Waals surface area contributed by atoms with Gasteiger partial charge in [-0.1, -0.05) is 0 Å². The van der Waals surface area contributed by atoms with Crippen LogP contribution >= 0.6 is 0 Å². The molecule has 0 unspecified atom stereocenters. The van der Waals surface area contributed by atoms with Crippen molar-refractivity contribution < 1.29 is 30.4 Å². The van der Waals surface area contributed by atoms with Gasteiger partial charge in [0.15, 0.2) is 0 Å². The summed E-state index contributed by atoms with van der Waals surface area (Å²) >= 11 is 0. The third-order valence-corrected chi connectivity index (χ3v) is 1.06. The van der Waals surface area contributed by atoms with E-state index in [0.29, 0.717) is 0 Å². The molecule has 0 aliphatic carbocycles. The highest BCUT2D eigenvalue weighted by Gasteiger charge is 2.26. The largest absolute Gasteiger partial charge is 0.481 e. The van der Waals surface area contributed by atoms with Crippen molar-refractivity contribution >= 4 is 11.9 Å². The lowest BCUT2D eigenvalue weighted by Crippen LogP contribution is -2.30. The highest BCUT2D eigenvalue weighted by molar-refractivity contribution is 5.72. The van der Waals surface area contributed by atoms with Gasteiger partial charge in [0.25, 0.3) is 0 Å². The fourth-order valence-electron chi connectivity index (χ4n) is 0.714. The molecule has 6 nitrogen and oxygen atoms in total. The van der Waals surface area contributed by atoms with E-state index in [9.17, 15) is 9.59 Å². The van der Waals surface area contributed by atoms with Gasteiger partial charge in [-0.3, -0.25) is 9.59 Å². The molecule has 0 atom stereocenters. The van der Waals surface area contributed by atoms with Crippen molar-refractivity contribution in [3.05, 3.63) is 0 Å². The average molecular weight is 180 g/mol. The van der Waals surface area contributed by atoms with Crippen LogP contribution in [0.25, 0.3) is 0 Å². The van der Waals surface area contributed by atoms with Crippen LogP contribution in [0.3, 0.4) is 0 Å². The number of hydrogen-bond donors (Lipinski definition) is 3. The van der Waals surface area contributed by atoms with Gasteiger partial charge in [-0.15, -0.1) is 0 Å². The third kappa shape index (κ3) is 6.97. The second-order valence-corrected chi connectivity index (χ2v) is 2.64. The quantitative estimate of drug-likeness (QED) is 0.504. The molecule has 0 rings (SSSR count). The maximum absolute atomic E-state index is 10.0. The van der Waals surface area contributed by atoms with Crippen molar-refractivity contribution in [2.75, 3.05) is 0 Å². The molecule has 0 aromatic rings. The minimum atomic E-state index is -1.66. The molecule has 0 saturated carbocycles. The van der Waals surface area contributed by atoms with Gasteiger partial charge < -0.3 is 20.8 Å². The molecule has 0 aromatic heterocycles. The Labute approximate surface area is 68.8 Å². The third-order valence-electron chi connectivity index (χ3n) is 1.06. The van der Waals surface area contributed by atoms with E-state index in [0.717, 1.165) is 0 Å². The first-order valence-electron chi connectivity index (χ1n) is 2.99. The Hall–Kier alpha value is -1.14. The number of aliphatic hydroxyl groups is 1. The van der Waals surface area contributed by atoms with Gasteiger partial charge in [0.1, 0.15) is 0 Å². The summed E-state index contributed by atoms with van der Waals surface area (Å²) in [5.74, 6) is -2.42. The lowest BCUT2D eigenvalue weighted by Gasteiger charge is -2.17. The molecule has 0 aliphatic heterocycles. The van der Waals surface area contributed by atoms with Crippen LogP contribution in [0.5, 0.6) is 0 Å². The summed E-state index contributed by atoms with van der Waals surface area (Å²) in [4.78, 5) is 20.1. The summed E-state index contributed by atoms with van der Waals surface area (Å²) < 4.78 is 0. The molecule has 5 N–H and O–H groups in total. The fourth-order valence-corrected chi connectivity index (χ4v) is 0.714. The van der Waals surface area contributed by atoms with Crippen molar-refractivity contribution in [2.24, 2.45) is 0 Å². The normalized spacial score (nSPS) is 10.2. The summed E-state index contributed by atoms with van der Waals surface area (Å²) in [5, 5.41) is 25.5. The first kappa shape index (κ1) is 13.4. The standard InChI is InChI=1S/C6H10O5.H2O/c1-6(11,2-4(7)8)3-5(9)10;/h11H,2-3H2,1H3,(H,7,8)(H,9,10);1H2. The van der Waals surface area contributed by atoms with E-state index in [4.69, 9.17) is 15.3 Å². The average Bonchev–Trinajstić information content (AvgIpc) is 1.53. The molecular weight excluding hydrogens is 168 g/mol. The van der Waals surface area contributed by atoms with Crippen LogP contribution in [0, 0.1) is 0 Å². The van der Waals surface area contributed by atoms with Crippen molar-refractivity contribution in [1.82, 2.24) is 0 Å². The second kappa shape index (κ2) is 4.68. The molecule has 0 bridgehead atoms. The zero-order valence-corrected chi connectivity index (χ0v) is 6.57. The smallest absolute Gasteiger partial charge is 0.306 e. The van der Waals surface area contributed by atoms with Gasteiger partial charge in [-0.25, -0.2) is 0 Å². The Morgan fingerprint density at radius 2 is 1.42 bits per heavy atom. The van der Waals surface area contributed by atoms with Crippen LogP contribution in [-0.2, 0) is 9.59 Å². The van der Waals surface area contributed by atoms with Gasteiger partial charge in [-0.2, -0.15) is 0 Å². The number of aliphatic carboxylic acids is 2. The summed E-state index contributed by atoms with van der Waals surface area (Å²) in [6.07, 6.45) is -1.11. The first-order valence-corrected chi connectivity index (χ1v) is 2.99. The molecule has 0 aliphatic rings. The summed E-state index contributed by atoms with van der Waals surface area (Å²) in [5.41, 5.74) is -1.66. The van der Waals surface area contributed by atoms with E-state index in [2.05, 4.69) is 0 Å². The maximum atomic E-state index is 10.0. The fraction of sp³-hybridized carbons (Fsp3) is 0.667. The topological polar surface area (TPSA) is 126 Å². The minimum Gasteiger partial charge on any atom is -0.481 e. The second-order valence-electron chi connectivity index (χ2n) is 2.64. The molecule has 0 fully saturated rings. The number of carbonyl (C=O) groups is 2. The zero-order chi connectivity index (χ0) is 9.07. The molecular formula is C6H12O6. The van der Waals surface area contributed by atoms with Gasteiger partial charge in [0, 0.05) is 0 Å². The van der Waals surface area contributed by atoms with Gasteiger partial charge >= 0.3 is 11.9 Å². The number of carboxylic acid groups (broad SMARTS) is 2. The Balaban J connectivity index is 0. The predicted octanol–water partition coefficient (Wildman–Crippen LogP) is -1.14. The summed E-state index contributed by atoms with van der Waals surface area (Å²) in [7, 11) is 0. The molecule has 0 spiro atoms. The van der Waals surface area contributed by atoms with Crippen molar-refractivity contribution in [3.63, 3.8) is 0 Å². The SMILES string of the molecule is CC(O)(CC(=O)O)CC(=O)O.O. The van der Waals surface area contributed by atoms with Gasteiger partial charge in [-0.05, 0) is 6.92 Å². The van der Waals surface area contributed by atoms with Crippen LogP contribution in [0.15, 0.2) is 0 Å². The molecule has 72 valence electrons. The highest BCUT2D eigenvalue weighted by atomic mass is 16.4. The highest BCUT2D eigenvalue weighted by Crippen LogP contribution is 2.13. The Kier molecular flexibility index (Phi) is 5.25. The van der Waals surface area contributed by atoms with Crippen LogP contribution in [0.2, 0.25) is 0 Å². The van der Waals surface area contributed by atoms with E-state index in [1.54, 1.807) is 0 Å². The van der Waals surface area contributed by atoms with E-state index < -0.39 is 30.4 Å². The number of hydrogen-bond acceptors (Lipinski definition) is 3. The van der Waals surface area contributed by atoms with Crippen LogP contribution in [0.1, 0.15) is 19.8 Å². The van der Waals surface area contributed by atoms with Crippen molar-refractivity contribution in [1.29, 1.82) is 0 Å². The van der Waals surface area contributed by atoms with Crippen LogP contribution in [0.4, 0.5) is 0 Å². The monoisotopic (exact) mass is 180 g/mol. The molecule has 0 saturated heterocycles. The Bertz CT molecular complexity index is 155. The zero-order valence-electron chi connectivity index (χ0n) is 6.57. The van der Waals surface area contributed by atoms with Crippen molar-refractivity contribution in [2.45, 2.75) is 25.4 Å². The number of carboxylic acids is 2. The first-order chi connectivity index (χ1) is 4.83. The predicted molar refractivity (Wildman–Crippen MR) is 38.7 cm³/mol. The van der Waals surface area contributed by atoms with E-state index in [-0.39, 0.29) is 5.48 Å². The van der Waals surface area contributed by atoms with E-state index in [1.807, 2.05) is 0 Å². The molecule has 12 heavy (non-hydrogen) atoms. The van der Waals surface area contributed by atoms with E-state index in [1.165, 1.54) is 6.92 Å². The lowest BCUT2D eigenvalue weighted by atomic mass is 9.99. The van der Waals surface area contributed by atoms with Gasteiger partial charge in [0.2, 0.25) is 0 Å². The molecule has 0 amide bonds. The van der Waals surface area contributed by atoms with Crippen LogP contribution < -0.4 is 0 Å². The van der Waals surface area contributed by atoms with Crippen molar-refractivity contribution in [3.8, 4) is 0 Å². The summed E-state index contributed by atoms with van der Waals surface area (Å²) in [6, 6.07) is 0. The van der Waals surface area contributed by atoms with E-state index >= 15 is 0 Å². The summed E-state index contributed by atoms with van der Waals surface area (Å²) in [6.45, 7) is 1.18. The lowest BCUT2D eigenvalue weighted by molar-refractivity contribution is -0.147. The maximum Gasteiger partial charge on any atom is 0.306 e. The molecule has 0 heterocycles. The minimum absolute atomic E-state index is 0. The van der Waals surface area contributed by atoms with Gasteiger partial charge in [0.05, 0.1) is 18.4 Å². The molecule has 0 aromatic carbocycles. The molecule has 0 radical (unpaired) electrons. The van der Waals surface area contributed by atoms with Crippen LogP contribution in [-0.4, -0.2) is 38.3 Å².